The van der Waals surface area contributed by atoms with E-state index in [0.29, 0.717) is 11.5 Å². The Balaban J connectivity index is 1.44. The average Bonchev–Trinajstić information content (AvgIpc) is 3.34. The van der Waals surface area contributed by atoms with Crippen molar-refractivity contribution in [3.63, 3.8) is 0 Å². The number of hydrogen-bond acceptors (Lipinski definition) is 6. The number of carbonyl (C=O) groups is 2. The second kappa shape index (κ2) is 6.91. The quantitative estimate of drug-likeness (QED) is 0.461. The van der Waals surface area contributed by atoms with E-state index in [-0.39, 0.29) is 11.5 Å². The van der Waals surface area contributed by atoms with Crippen LogP contribution in [0.3, 0.4) is 0 Å². The molecule has 0 atom stereocenters. The fourth-order valence-electron chi connectivity index (χ4n) is 2.69. The summed E-state index contributed by atoms with van der Waals surface area (Å²) in [7, 11) is 0. The number of aromatic nitrogens is 6. The molecule has 0 spiro atoms. The number of carbonyl (C=O) groups excluding carboxylic acids is 2. The molecule has 0 fully saturated rings. The molecule has 3 N–H and O–H groups in total. The minimum absolute atomic E-state index is 0.101. The first-order chi connectivity index (χ1) is 13.5. The van der Waals surface area contributed by atoms with E-state index >= 15 is 0 Å². The van der Waals surface area contributed by atoms with E-state index in [4.69, 9.17) is 0 Å². The summed E-state index contributed by atoms with van der Waals surface area (Å²) in [6.45, 7) is 3.66. The lowest BCUT2D eigenvalue weighted by atomic mass is 10.1. The number of hydrogen-bond donors (Lipinski definition) is 3. The van der Waals surface area contributed by atoms with Crippen molar-refractivity contribution in [3.05, 3.63) is 65.4 Å². The minimum Gasteiger partial charge on any atom is -0.272 e. The van der Waals surface area contributed by atoms with Crippen LogP contribution in [0.15, 0.2) is 42.5 Å². The van der Waals surface area contributed by atoms with E-state index in [0.717, 1.165) is 17.0 Å². The van der Waals surface area contributed by atoms with Gasteiger partial charge in [-0.3, -0.25) is 25.5 Å². The van der Waals surface area contributed by atoms with Gasteiger partial charge in [0, 0.05) is 17.0 Å². The molecule has 4 rings (SSSR count). The highest BCUT2D eigenvalue weighted by molar-refractivity contribution is 5.97. The monoisotopic (exact) mass is 376 g/mol. The van der Waals surface area contributed by atoms with Crippen LogP contribution in [0.1, 0.15) is 32.5 Å². The first kappa shape index (κ1) is 17.3. The number of amides is 2. The molecular formula is C18H16N8O2. The molecule has 28 heavy (non-hydrogen) atoms. The second-order valence-electron chi connectivity index (χ2n) is 6.13. The van der Waals surface area contributed by atoms with Gasteiger partial charge in [-0.05, 0) is 26.0 Å². The van der Waals surface area contributed by atoms with Crippen LogP contribution in [0.25, 0.3) is 17.0 Å². The predicted molar refractivity (Wildman–Crippen MR) is 99.2 cm³/mol. The molecule has 140 valence electrons. The number of nitrogens with one attached hydrogen (secondary N) is 3. The van der Waals surface area contributed by atoms with Gasteiger partial charge in [0.2, 0.25) is 5.82 Å². The highest BCUT2D eigenvalue weighted by Gasteiger charge is 2.17. The molecule has 0 aliphatic carbocycles. The van der Waals surface area contributed by atoms with E-state index in [1.165, 1.54) is 4.52 Å². The Bertz CT molecular complexity index is 1180. The van der Waals surface area contributed by atoms with Gasteiger partial charge in [0.25, 0.3) is 11.7 Å². The van der Waals surface area contributed by atoms with Gasteiger partial charge >= 0.3 is 5.91 Å². The smallest absolute Gasteiger partial charge is 0.272 e. The summed E-state index contributed by atoms with van der Waals surface area (Å²) in [5.74, 6) is -0.984. The van der Waals surface area contributed by atoms with Crippen LogP contribution in [0.5, 0.6) is 0 Å². The van der Waals surface area contributed by atoms with Gasteiger partial charge < -0.3 is 0 Å². The van der Waals surface area contributed by atoms with Crippen molar-refractivity contribution in [1.29, 1.82) is 0 Å². The molecule has 1 aromatic carbocycles. The molecule has 3 heterocycles. The molecule has 10 nitrogen and oxygen atoms in total. The van der Waals surface area contributed by atoms with Gasteiger partial charge in [0.05, 0.1) is 5.69 Å². The molecule has 2 amide bonds. The number of fused-ring (bicyclic) bond motifs is 1. The summed E-state index contributed by atoms with van der Waals surface area (Å²) in [5, 5.41) is 10.9. The van der Waals surface area contributed by atoms with Gasteiger partial charge in [0.1, 0.15) is 5.69 Å². The standard InChI is InChI=1S/C18H16N8O2/c1-10-8-11(2)26-18(19-10)20-15(25-26)17(28)24-23-16(27)14-9-13(21-22-14)12-6-4-3-5-7-12/h3-9H,1-2H3,(H,21,22)(H,23,27)(H,24,28). The molecule has 4 aromatic rings. The first-order valence-electron chi connectivity index (χ1n) is 8.44. The van der Waals surface area contributed by atoms with Gasteiger partial charge in [-0.2, -0.15) is 10.1 Å². The minimum atomic E-state index is -0.654. The molecule has 0 saturated carbocycles. The Morgan fingerprint density at radius 3 is 2.54 bits per heavy atom. The van der Waals surface area contributed by atoms with E-state index < -0.39 is 11.8 Å². The van der Waals surface area contributed by atoms with Crippen molar-refractivity contribution in [1.82, 2.24) is 40.6 Å². The number of hydrazine groups is 1. The third kappa shape index (κ3) is 3.30. The van der Waals surface area contributed by atoms with Crippen molar-refractivity contribution in [2.75, 3.05) is 0 Å². The van der Waals surface area contributed by atoms with E-state index in [2.05, 4.69) is 36.1 Å². The molecule has 0 radical (unpaired) electrons. The zero-order chi connectivity index (χ0) is 19.7. The summed E-state index contributed by atoms with van der Waals surface area (Å²) in [6.07, 6.45) is 0. The number of H-pyrrole nitrogens is 1. The zero-order valence-corrected chi connectivity index (χ0v) is 15.1. The molecular weight excluding hydrogens is 360 g/mol. The third-order valence-corrected chi connectivity index (χ3v) is 4.00. The zero-order valence-electron chi connectivity index (χ0n) is 15.1. The van der Waals surface area contributed by atoms with Gasteiger partial charge in [-0.25, -0.2) is 9.50 Å². The third-order valence-electron chi connectivity index (χ3n) is 4.00. The van der Waals surface area contributed by atoms with Gasteiger partial charge in [-0.1, -0.05) is 30.3 Å². The largest absolute Gasteiger partial charge is 0.309 e. The molecule has 0 aliphatic rings. The number of rotatable bonds is 3. The van der Waals surface area contributed by atoms with E-state index in [1.807, 2.05) is 50.2 Å². The average molecular weight is 376 g/mol. The SMILES string of the molecule is Cc1cc(C)n2nc(C(=O)NNC(=O)c3cc(-c4ccccc4)n[nH]3)nc2n1. The lowest BCUT2D eigenvalue weighted by Gasteiger charge is -2.03. The summed E-state index contributed by atoms with van der Waals surface area (Å²) in [4.78, 5) is 32.8. The predicted octanol–water partition coefficient (Wildman–Crippen LogP) is 1.21. The van der Waals surface area contributed by atoms with Crippen molar-refractivity contribution in [2.24, 2.45) is 0 Å². The maximum atomic E-state index is 12.3. The van der Waals surface area contributed by atoms with Crippen LogP contribution >= 0.6 is 0 Å². The normalized spacial score (nSPS) is 10.8. The molecule has 0 bridgehead atoms. The number of aryl methyl sites for hydroxylation is 2. The molecule has 3 aromatic heterocycles. The topological polar surface area (TPSA) is 130 Å². The summed E-state index contributed by atoms with van der Waals surface area (Å²) >= 11 is 0. The summed E-state index contributed by atoms with van der Waals surface area (Å²) in [5.41, 5.74) is 7.86. The van der Waals surface area contributed by atoms with Crippen LogP contribution in [0, 0.1) is 13.8 Å². The van der Waals surface area contributed by atoms with Gasteiger partial charge in [0.15, 0.2) is 0 Å². The number of benzene rings is 1. The maximum absolute atomic E-state index is 12.3. The maximum Gasteiger partial charge on any atom is 0.309 e. The fourth-order valence-corrected chi connectivity index (χ4v) is 2.69. The summed E-state index contributed by atoms with van der Waals surface area (Å²) < 4.78 is 1.46. The van der Waals surface area contributed by atoms with Crippen LogP contribution in [-0.2, 0) is 0 Å². The van der Waals surface area contributed by atoms with Crippen LogP contribution in [0.4, 0.5) is 0 Å². The molecule has 10 heteroatoms. The van der Waals surface area contributed by atoms with Crippen molar-refractivity contribution < 1.29 is 9.59 Å². The molecule has 0 aliphatic heterocycles. The van der Waals surface area contributed by atoms with E-state index in [1.54, 1.807) is 6.07 Å². The highest BCUT2D eigenvalue weighted by Crippen LogP contribution is 2.16. The van der Waals surface area contributed by atoms with Crippen molar-refractivity contribution >= 4 is 17.6 Å². The Morgan fingerprint density at radius 1 is 1.00 bits per heavy atom. The van der Waals surface area contributed by atoms with Crippen LogP contribution < -0.4 is 10.9 Å². The van der Waals surface area contributed by atoms with Crippen molar-refractivity contribution in [3.8, 4) is 11.3 Å². The lowest BCUT2D eigenvalue weighted by Crippen LogP contribution is -2.42. The second-order valence-corrected chi connectivity index (χ2v) is 6.13. The highest BCUT2D eigenvalue weighted by atomic mass is 16.2. The van der Waals surface area contributed by atoms with Crippen LogP contribution in [0.2, 0.25) is 0 Å². The first-order valence-corrected chi connectivity index (χ1v) is 8.44. The van der Waals surface area contributed by atoms with E-state index in [9.17, 15) is 9.59 Å². The van der Waals surface area contributed by atoms with Crippen LogP contribution in [-0.4, -0.2) is 41.6 Å². The van der Waals surface area contributed by atoms with Gasteiger partial charge in [-0.15, -0.1) is 5.10 Å². The Hall–Kier alpha value is -4.08. The molecule has 0 unspecified atom stereocenters. The Morgan fingerprint density at radius 2 is 1.75 bits per heavy atom. The number of nitrogens with zero attached hydrogens (tertiary/aromatic N) is 5. The van der Waals surface area contributed by atoms with Crippen molar-refractivity contribution in [2.45, 2.75) is 13.8 Å². The lowest BCUT2D eigenvalue weighted by molar-refractivity contribution is 0.0838. The molecule has 0 saturated heterocycles. The Labute approximate surface area is 159 Å². The summed E-state index contributed by atoms with van der Waals surface area (Å²) in [6, 6.07) is 12.8. The Kier molecular flexibility index (Phi) is 4.28. The fraction of sp³-hybridized carbons (Fsp3) is 0.111. The number of aromatic amines is 1.